The van der Waals surface area contributed by atoms with E-state index >= 15 is 0 Å². The Morgan fingerprint density at radius 1 is 1.35 bits per heavy atom. The van der Waals surface area contributed by atoms with Gasteiger partial charge in [-0.05, 0) is 26.0 Å². The topological polar surface area (TPSA) is 67.9 Å². The molecule has 2 amide bonds. The molecule has 1 aliphatic heterocycles. The molecular formula is C17H24N2O4. The molecule has 1 fully saturated rings. The quantitative estimate of drug-likeness (QED) is 0.885. The van der Waals surface area contributed by atoms with Crippen LogP contribution < -0.4 is 10.1 Å². The van der Waals surface area contributed by atoms with E-state index in [-0.39, 0.29) is 24.5 Å². The lowest BCUT2D eigenvalue weighted by atomic mass is 10.1. The normalized spacial score (nSPS) is 20.0. The van der Waals surface area contributed by atoms with Crippen LogP contribution in [0.1, 0.15) is 20.8 Å². The van der Waals surface area contributed by atoms with Gasteiger partial charge in [-0.25, -0.2) is 0 Å². The van der Waals surface area contributed by atoms with Crippen LogP contribution in [0.2, 0.25) is 0 Å². The van der Waals surface area contributed by atoms with Crippen LogP contribution in [-0.2, 0) is 14.3 Å². The highest BCUT2D eigenvalue weighted by atomic mass is 16.5. The number of para-hydroxylation sites is 1. The summed E-state index contributed by atoms with van der Waals surface area (Å²) in [6.07, 6.45) is -0.208. The Balaban J connectivity index is 1.92. The maximum Gasteiger partial charge on any atom is 0.242 e. The zero-order valence-corrected chi connectivity index (χ0v) is 13.9. The third kappa shape index (κ3) is 5.56. The lowest BCUT2D eigenvalue weighted by molar-refractivity contribution is -0.165. The number of rotatable bonds is 5. The largest absolute Gasteiger partial charge is 0.491 e. The van der Waals surface area contributed by atoms with E-state index in [2.05, 4.69) is 5.32 Å². The van der Waals surface area contributed by atoms with Crippen LogP contribution in [-0.4, -0.2) is 54.7 Å². The minimum atomic E-state index is -0.450. The van der Waals surface area contributed by atoms with Gasteiger partial charge in [0.25, 0.3) is 0 Å². The number of carbonyl (C=O) groups excluding carboxylic acids is 2. The molecule has 6 heteroatoms. The molecule has 1 aromatic rings. The summed E-state index contributed by atoms with van der Waals surface area (Å²) in [7, 11) is 0. The SMILES string of the molecule is CC(=O)NCC(=O)N1C[C@H](COc2ccccc2)OC(C)(C)C1. The molecule has 1 N–H and O–H groups in total. The van der Waals surface area contributed by atoms with Crippen molar-refractivity contribution in [2.75, 3.05) is 26.2 Å². The van der Waals surface area contributed by atoms with Gasteiger partial charge in [0, 0.05) is 13.5 Å². The Hall–Kier alpha value is -2.08. The summed E-state index contributed by atoms with van der Waals surface area (Å²) in [4.78, 5) is 24.9. The molecule has 0 aliphatic carbocycles. The first-order valence-corrected chi connectivity index (χ1v) is 7.73. The van der Waals surface area contributed by atoms with E-state index in [4.69, 9.17) is 9.47 Å². The predicted octanol–water partition coefficient (Wildman–Crippen LogP) is 1.21. The van der Waals surface area contributed by atoms with Crippen molar-refractivity contribution in [3.63, 3.8) is 0 Å². The third-order valence-electron chi connectivity index (χ3n) is 3.50. The monoisotopic (exact) mass is 320 g/mol. The van der Waals surface area contributed by atoms with Gasteiger partial charge >= 0.3 is 0 Å². The van der Waals surface area contributed by atoms with Gasteiger partial charge in [0.1, 0.15) is 18.5 Å². The summed E-state index contributed by atoms with van der Waals surface area (Å²) in [5.41, 5.74) is -0.450. The zero-order valence-electron chi connectivity index (χ0n) is 13.9. The van der Waals surface area contributed by atoms with Crippen LogP contribution in [0.4, 0.5) is 0 Å². The fraction of sp³-hybridized carbons (Fsp3) is 0.529. The molecule has 126 valence electrons. The van der Waals surface area contributed by atoms with E-state index in [0.29, 0.717) is 19.7 Å². The minimum absolute atomic E-state index is 0.0116. The summed E-state index contributed by atoms with van der Waals surface area (Å²) < 4.78 is 11.7. The number of benzene rings is 1. The number of nitrogens with one attached hydrogen (secondary N) is 1. The van der Waals surface area contributed by atoms with Gasteiger partial charge in [0.2, 0.25) is 11.8 Å². The Labute approximate surface area is 136 Å². The van der Waals surface area contributed by atoms with Crippen LogP contribution in [0.5, 0.6) is 5.75 Å². The van der Waals surface area contributed by atoms with Crippen molar-refractivity contribution in [2.45, 2.75) is 32.5 Å². The van der Waals surface area contributed by atoms with Gasteiger partial charge in [-0.2, -0.15) is 0 Å². The fourth-order valence-electron chi connectivity index (χ4n) is 2.59. The minimum Gasteiger partial charge on any atom is -0.491 e. The first kappa shape index (κ1) is 17.3. The summed E-state index contributed by atoms with van der Waals surface area (Å²) in [5, 5.41) is 2.54. The van der Waals surface area contributed by atoms with Crippen molar-refractivity contribution in [1.29, 1.82) is 0 Å². The zero-order chi connectivity index (χ0) is 16.9. The second-order valence-electron chi connectivity index (χ2n) is 6.31. The highest BCUT2D eigenvalue weighted by Crippen LogP contribution is 2.22. The van der Waals surface area contributed by atoms with E-state index in [1.165, 1.54) is 6.92 Å². The molecule has 6 nitrogen and oxygen atoms in total. The maximum absolute atomic E-state index is 12.2. The molecule has 23 heavy (non-hydrogen) atoms. The number of nitrogens with zero attached hydrogens (tertiary/aromatic N) is 1. The number of ether oxygens (including phenoxy) is 2. The molecule has 0 aromatic heterocycles. The van der Waals surface area contributed by atoms with Crippen LogP contribution >= 0.6 is 0 Å². The second-order valence-corrected chi connectivity index (χ2v) is 6.31. The molecule has 2 rings (SSSR count). The summed E-state index contributed by atoms with van der Waals surface area (Å²) in [6, 6.07) is 9.51. The molecule has 1 saturated heterocycles. The number of amides is 2. The molecule has 0 unspecified atom stereocenters. The number of morpholine rings is 1. The van der Waals surface area contributed by atoms with Gasteiger partial charge in [0.15, 0.2) is 0 Å². The van der Waals surface area contributed by atoms with Crippen LogP contribution in [0.25, 0.3) is 0 Å². The maximum atomic E-state index is 12.2. The molecule has 1 aromatic carbocycles. The van der Waals surface area contributed by atoms with E-state index < -0.39 is 5.60 Å². The standard InChI is InChI=1S/C17H24N2O4/c1-13(20)18-9-16(21)19-10-15(23-17(2,3)12-19)11-22-14-7-5-4-6-8-14/h4-8,15H,9-12H2,1-3H3,(H,18,20)/t15-/m1/s1. The Kier molecular flexibility index (Phi) is 5.60. The van der Waals surface area contributed by atoms with Crippen LogP contribution in [0.3, 0.4) is 0 Å². The van der Waals surface area contributed by atoms with Crippen molar-refractivity contribution >= 4 is 11.8 Å². The second kappa shape index (κ2) is 7.46. The lowest BCUT2D eigenvalue weighted by Crippen LogP contribution is -2.57. The molecule has 0 bridgehead atoms. The van der Waals surface area contributed by atoms with E-state index in [0.717, 1.165) is 5.75 Å². The van der Waals surface area contributed by atoms with Gasteiger partial charge < -0.3 is 19.7 Å². The van der Waals surface area contributed by atoms with Crippen LogP contribution in [0, 0.1) is 0 Å². The molecule has 0 spiro atoms. The van der Waals surface area contributed by atoms with Crippen LogP contribution in [0.15, 0.2) is 30.3 Å². The summed E-state index contributed by atoms with van der Waals surface area (Å²) in [6.45, 7) is 6.62. The van der Waals surface area contributed by atoms with E-state index in [1.807, 2.05) is 44.2 Å². The van der Waals surface area contributed by atoms with Crippen molar-refractivity contribution in [2.24, 2.45) is 0 Å². The Bertz CT molecular complexity index is 545. The van der Waals surface area contributed by atoms with Crippen molar-refractivity contribution in [3.8, 4) is 5.75 Å². The van der Waals surface area contributed by atoms with E-state index in [1.54, 1.807) is 4.90 Å². The average Bonchev–Trinajstić information content (AvgIpc) is 2.50. The van der Waals surface area contributed by atoms with Crippen molar-refractivity contribution in [1.82, 2.24) is 10.2 Å². The lowest BCUT2D eigenvalue weighted by Gasteiger charge is -2.42. The molecule has 1 aliphatic rings. The molecular weight excluding hydrogens is 296 g/mol. The summed E-state index contributed by atoms with van der Waals surface area (Å²) in [5.74, 6) is 0.451. The molecule has 1 atom stereocenters. The third-order valence-corrected chi connectivity index (χ3v) is 3.50. The van der Waals surface area contributed by atoms with Gasteiger partial charge in [-0.3, -0.25) is 9.59 Å². The van der Waals surface area contributed by atoms with Crippen molar-refractivity contribution < 1.29 is 19.1 Å². The fourth-order valence-corrected chi connectivity index (χ4v) is 2.59. The predicted molar refractivity (Wildman–Crippen MR) is 86.2 cm³/mol. The smallest absolute Gasteiger partial charge is 0.242 e. The van der Waals surface area contributed by atoms with E-state index in [9.17, 15) is 9.59 Å². The highest BCUT2D eigenvalue weighted by Gasteiger charge is 2.35. The Morgan fingerprint density at radius 3 is 2.70 bits per heavy atom. The Morgan fingerprint density at radius 2 is 2.04 bits per heavy atom. The number of carbonyl (C=O) groups is 2. The molecule has 0 saturated carbocycles. The summed E-state index contributed by atoms with van der Waals surface area (Å²) >= 11 is 0. The highest BCUT2D eigenvalue weighted by molar-refractivity contribution is 5.83. The first-order chi connectivity index (χ1) is 10.9. The van der Waals surface area contributed by atoms with Gasteiger partial charge in [0.05, 0.1) is 18.7 Å². The first-order valence-electron chi connectivity index (χ1n) is 7.73. The average molecular weight is 320 g/mol. The van der Waals surface area contributed by atoms with Gasteiger partial charge in [-0.15, -0.1) is 0 Å². The molecule has 0 radical (unpaired) electrons. The van der Waals surface area contributed by atoms with Crippen molar-refractivity contribution in [3.05, 3.63) is 30.3 Å². The van der Waals surface area contributed by atoms with Gasteiger partial charge in [-0.1, -0.05) is 18.2 Å². The number of hydrogen-bond acceptors (Lipinski definition) is 4. The number of hydrogen-bond donors (Lipinski definition) is 1. The molecule has 1 heterocycles.